The number of fused-ring (bicyclic) bond motifs is 1. The summed E-state index contributed by atoms with van der Waals surface area (Å²) in [6.45, 7) is 0. The number of para-hydroxylation sites is 2. The van der Waals surface area contributed by atoms with E-state index in [0.717, 1.165) is 0 Å². The van der Waals surface area contributed by atoms with Gasteiger partial charge in [-0.25, -0.2) is 18.7 Å². The Morgan fingerprint density at radius 2 is 1.04 bits per heavy atom. The van der Waals surface area contributed by atoms with E-state index in [-0.39, 0.29) is 11.6 Å². The van der Waals surface area contributed by atoms with Crippen LogP contribution in [0.5, 0.6) is 0 Å². The van der Waals surface area contributed by atoms with Crippen molar-refractivity contribution in [2.45, 2.75) is 0 Å². The van der Waals surface area contributed by atoms with Crippen LogP contribution in [0.3, 0.4) is 0 Å². The van der Waals surface area contributed by atoms with Crippen LogP contribution in [-0.2, 0) is 0 Å². The van der Waals surface area contributed by atoms with Gasteiger partial charge >= 0.3 is 0 Å². The summed E-state index contributed by atoms with van der Waals surface area (Å²) in [7, 11) is 0. The Morgan fingerprint density at radius 1 is 0.577 bits per heavy atom. The molecule has 0 aliphatic heterocycles. The fraction of sp³-hybridized carbons (Fsp3) is 0. The van der Waals surface area contributed by atoms with E-state index in [2.05, 4.69) is 20.6 Å². The van der Waals surface area contributed by atoms with Gasteiger partial charge in [-0.05, 0) is 48.5 Å². The molecule has 6 heteroatoms. The highest BCUT2D eigenvalue weighted by Crippen LogP contribution is 2.28. The van der Waals surface area contributed by atoms with Gasteiger partial charge in [-0.3, -0.25) is 0 Å². The van der Waals surface area contributed by atoms with Gasteiger partial charge in [-0.1, -0.05) is 24.3 Å². The molecule has 4 nitrogen and oxygen atoms in total. The van der Waals surface area contributed by atoms with Gasteiger partial charge in [0.25, 0.3) is 0 Å². The van der Waals surface area contributed by atoms with Crippen molar-refractivity contribution in [2.75, 3.05) is 10.6 Å². The van der Waals surface area contributed by atoms with Gasteiger partial charge < -0.3 is 10.6 Å². The SMILES string of the molecule is Fc1cccc(Nc2nc3ccccc3nc2Nc2cccc(F)c2)c1. The smallest absolute Gasteiger partial charge is 0.174 e. The van der Waals surface area contributed by atoms with Crippen LogP contribution in [0.15, 0.2) is 72.8 Å². The molecule has 1 heterocycles. The number of halogens is 2. The minimum absolute atomic E-state index is 0.358. The zero-order valence-electron chi connectivity index (χ0n) is 13.6. The van der Waals surface area contributed by atoms with Gasteiger partial charge in [0.1, 0.15) is 11.6 Å². The summed E-state index contributed by atoms with van der Waals surface area (Å²) in [5.74, 6) is 0.115. The number of hydrogen-bond donors (Lipinski definition) is 2. The molecule has 128 valence electrons. The van der Waals surface area contributed by atoms with Crippen LogP contribution in [0.2, 0.25) is 0 Å². The van der Waals surface area contributed by atoms with Gasteiger partial charge in [0.15, 0.2) is 11.6 Å². The second-order valence-electron chi connectivity index (χ2n) is 5.68. The Bertz CT molecular complexity index is 996. The normalized spacial score (nSPS) is 10.7. The average Bonchev–Trinajstić information content (AvgIpc) is 2.62. The molecule has 0 saturated carbocycles. The molecule has 0 aliphatic rings. The predicted octanol–water partition coefficient (Wildman–Crippen LogP) is 5.40. The summed E-state index contributed by atoms with van der Waals surface area (Å²) in [6.07, 6.45) is 0. The minimum Gasteiger partial charge on any atom is -0.337 e. The molecule has 0 unspecified atom stereocenters. The van der Waals surface area contributed by atoms with E-state index >= 15 is 0 Å². The third-order valence-corrected chi connectivity index (χ3v) is 3.75. The van der Waals surface area contributed by atoms with E-state index in [9.17, 15) is 8.78 Å². The molecule has 1 aromatic heterocycles. The van der Waals surface area contributed by atoms with Crippen LogP contribution in [0, 0.1) is 11.6 Å². The largest absolute Gasteiger partial charge is 0.337 e. The molecule has 0 saturated heterocycles. The molecule has 3 aromatic carbocycles. The summed E-state index contributed by atoms with van der Waals surface area (Å²) in [6, 6.07) is 19.5. The van der Waals surface area contributed by atoms with Crippen molar-refractivity contribution in [3.05, 3.63) is 84.4 Å². The summed E-state index contributed by atoms with van der Waals surface area (Å²) >= 11 is 0. The molecule has 0 aliphatic carbocycles. The van der Waals surface area contributed by atoms with E-state index in [0.29, 0.717) is 34.0 Å². The molecule has 0 radical (unpaired) electrons. The van der Waals surface area contributed by atoms with Crippen LogP contribution in [0.1, 0.15) is 0 Å². The fourth-order valence-electron chi connectivity index (χ4n) is 2.58. The number of benzene rings is 3. The van der Waals surface area contributed by atoms with Gasteiger partial charge in [-0.2, -0.15) is 0 Å². The average molecular weight is 348 g/mol. The van der Waals surface area contributed by atoms with E-state index < -0.39 is 0 Å². The van der Waals surface area contributed by atoms with Gasteiger partial charge in [0.2, 0.25) is 0 Å². The Balaban J connectivity index is 1.78. The first-order chi connectivity index (χ1) is 12.7. The van der Waals surface area contributed by atoms with Crippen LogP contribution in [-0.4, -0.2) is 9.97 Å². The summed E-state index contributed by atoms with van der Waals surface area (Å²) in [5.41, 5.74) is 2.46. The van der Waals surface area contributed by atoms with Gasteiger partial charge in [0.05, 0.1) is 11.0 Å². The molecule has 0 amide bonds. The quantitative estimate of drug-likeness (QED) is 0.519. The van der Waals surface area contributed by atoms with Crippen molar-refractivity contribution in [3.8, 4) is 0 Å². The Kier molecular flexibility index (Phi) is 4.15. The number of hydrogen-bond acceptors (Lipinski definition) is 4. The third-order valence-electron chi connectivity index (χ3n) is 3.75. The molecule has 2 N–H and O–H groups in total. The first kappa shape index (κ1) is 16.0. The number of nitrogens with one attached hydrogen (secondary N) is 2. The summed E-state index contributed by atoms with van der Waals surface area (Å²) in [4.78, 5) is 9.13. The van der Waals surface area contributed by atoms with Crippen molar-refractivity contribution in [1.29, 1.82) is 0 Å². The lowest BCUT2D eigenvalue weighted by molar-refractivity contribution is 0.628. The fourth-order valence-corrected chi connectivity index (χ4v) is 2.58. The molecule has 26 heavy (non-hydrogen) atoms. The van der Waals surface area contributed by atoms with Crippen LogP contribution in [0.4, 0.5) is 31.8 Å². The maximum Gasteiger partial charge on any atom is 0.174 e. The summed E-state index contributed by atoms with van der Waals surface area (Å²) in [5, 5.41) is 6.14. The first-order valence-corrected chi connectivity index (χ1v) is 7.99. The van der Waals surface area contributed by atoms with Gasteiger partial charge in [-0.15, -0.1) is 0 Å². The molecule has 0 spiro atoms. The van der Waals surface area contributed by atoms with Crippen LogP contribution in [0.25, 0.3) is 11.0 Å². The van der Waals surface area contributed by atoms with Crippen molar-refractivity contribution < 1.29 is 8.78 Å². The molecule has 0 atom stereocenters. The van der Waals surface area contributed by atoms with Crippen LogP contribution < -0.4 is 10.6 Å². The van der Waals surface area contributed by atoms with E-state index in [1.54, 1.807) is 24.3 Å². The topological polar surface area (TPSA) is 49.8 Å². The predicted molar refractivity (Wildman–Crippen MR) is 98.9 cm³/mol. The highest BCUT2D eigenvalue weighted by atomic mass is 19.1. The number of rotatable bonds is 4. The first-order valence-electron chi connectivity index (χ1n) is 7.99. The Hall–Kier alpha value is -3.54. The monoisotopic (exact) mass is 348 g/mol. The molecule has 0 fully saturated rings. The van der Waals surface area contributed by atoms with Gasteiger partial charge in [0, 0.05) is 11.4 Å². The summed E-state index contributed by atoms with van der Waals surface area (Å²) < 4.78 is 27.0. The van der Waals surface area contributed by atoms with Crippen molar-refractivity contribution >= 4 is 34.0 Å². The van der Waals surface area contributed by atoms with Crippen molar-refractivity contribution in [3.63, 3.8) is 0 Å². The maximum atomic E-state index is 13.5. The van der Waals surface area contributed by atoms with E-state index in [4.69, 9.17) is 0 Å². The van der Waals surface area contributed by atoms with E-state index in [1.807, 2.05) is 24.3 Å². The standard InChI is InChI=1S/C20H14F2N4/c21-13-5-3-7-15(11-13)23-19-20(24-16-8-4-6-14(22)12-16)26-18-10-2-1-9-17(18)25-19/h1-12H,(H,23,25)(H,24,26). The number of aromatic nitrogens is 2. The number of anilines is 4. The van der Waals surface area contributed by atoms with Crippen molar-refractivity contribution in [1.82, 2.24) is 9.97 Å². The second-order valence-corrected chi connectivity index (χ2v) is 5.68. The molecule has 0 bridgehead atoms. The number of nitrogens with zero attached hydrogens (tertiary/aromatic N) is 2. The minimum atomic E-state index is -0.358. The molecule has 4 rings (SSSR count). The Labute approximate surface area is 148 Å². The lowest BCUT2D eigenvalue weighted by atomic mass is 10.2. The lowest BCUT2D eigenvalue weighted by Crippen LogP contribution is -2.03. The molecular formula is C20H14F2N4. The Morgan fingerprint density at radius 3 is 1.46 bits per heavy atom. The highest BCUT2D eigenvalue weighted by molar-refractivity contribution is 5.83. The zero-order valence-corrected chi connectivity index (χ0v) is 13.6. The second kappa shape index (κ2) is 6.76. The van der Waals surface area contributed by atoms with E-state index in [1.165, 1.54) is 24.3 Å². The third kappa shape index (κ3) is 3.44. The molecular weight excluding hydrogens is 334 g/mol. The highest BCUT2D eigenvalue weighted by Gasteiger charge is 2.10. The zero-order chi connectivity index (χ0) is 17.9. The maximum absolute atomic E-state index is 13.5. The molecule has 4 aromatic rings. The van der Waals surface area contributed by atoms with Crippen molar-refractivity contribution in [2.24, 2.45) is 0 Å². The van der Waals surface area contributed by atoms with Crippen LogP contribution >= 0.6 is 0 Å². The lowest BCUT2D eigenvalue weighted by Gasteiger charge is -2.13.